The SMILES string of the molecule is CCC[C@@H](CN)c1ccc2c(c1)CC[C@@H](CCc1ccccc1OC)C2. The Hall–Kier alpha value is -1.80. The molecule has 1 aliphatic rings. The fraction of sp³-hybridized carbons (Fsp3) is 0.500. The van der Waals surface area contributed by atoms with Gasteiger partial charge in [0.1, 0.15) is 5.75 Å². The molecule has 0 aromatic heterocycles. The summed E-state index contributed by atoms with van der Waals surface area (Å²) in [5, 5.41) is 0. The average Bonchev–Trinajstić information content (AvgIpc) is 2.70. The van der Waals surface area contributed by atoms with Gasteiger partial charge < -0.3 is 10.5 Å². The number of nitrogens with two attached hydrogens (primary N) is 1. The summed E-state index contributed by atoms with van der Waals surface area (Å²) in [7, 11) is 1.76. The van der Waals surface area contributed by atoms with Crippen LogP contribution in [0.4, 0.5) is 0 Å². The first kappa shape index (κ1) is 19.0. The first-order valence-electron chi connectivity index (χ1n) is 10.2. The van der Waals surface area contributed by atoms with Crippen molar-refractivity contribution in [3.05, 3.63) is 64.7 Å². The minimum absolute atomic E-state index is 0.522. The molecule has 0 spiro atoms. The molecule has 26 heavy (non-hydrogen) atoms. The Bertz CT molecular complexity index is 709. The van der Waals surface area contributed by atoms with Gasteiger partial charge in [-0.1, -0.05) is 49.7 Å². The summed E-state index contributed by atoms with van der Waals surface area (Å²) in [5.41, 5.74) is 11.9. The summed E-state index contributed by atoms with van der Waals surface area (Å²) < 4.78 is 5.50. The van der Waals surface area contributed by atoms with Crippen LogP contribution in [0, 0.1) is 5.92 Å². The molecule has 2 aromatic rings. The van der Waals surface area contributed by atoms with E-state index >= 15 is 0 Å². The predicted molar refractivity (Wildman–Crippen MR) is 110 cm³/mol. The van der Waals surface area contributed by atoms with E-state index in [1.165, 1.54) is 49.7 Å². The molecule has 0 aliphatic heterocycles. The number of benzene rings is 2. The molecule has 3 rings (SSSR count). The van der Waals surface area contributed by atoms with Crippen LogP contribution in [0.1, 0.15) is 60.8 Å². The maximum absolute atomic E-state index is 6.00. The smallest absolute Gasteiger partial charge is 0.122 e. The number of methoxy groups -OCH3 is 1. The second-order valence-corrected chi connectivity index (χ2v) is 7.71. The van der Waals surface area contributed by atoms with Gasteiger partial charge in [-0.05, 0) is 85.2 Å². The summed E-state index contributed by atoms with van der Waals surface area (Å²) >= 11 is 0. The zero-order valence-corrected chi connectivity index (χ0v) is 16.3. The molecule has 1 aliphatic carbocycles. The van der Waals surface area contributed by atoms with Crippen molar-refractivity contribution in [2.45, 2.75) is 57.8 Å². The molecule has 0 saturated heterocycles. The van der Waals surface area contributed by atoms with Crippen LogP contribution in [-0.4, -0.2) is 13.7 Å². The molecule has 0 fully saturated rings. The summed E-state index contributed by atoms with van der Waals surface area (Å²) in [6, 6.07) is 15.6. The van der Waals surface area contributed by atoms with Crippen molar-refractivity contribution < 1.29 is 4.74 Å². The van der Waals surface area contributed by atoms with Gasteiger partial charge in [0.15, 0.2) is 0 Å². The van der Waals surface area contributed by atoms with Gasteiger partial charge in [0.05, 0.1) is 7.11 Å². The van der Waals surface area contributed by atoms with Crippen LogP contribution in [0.25, 0.3) is 0 Å². The third-order valence-corrected chi connectivity index (χ3v) is 5.97. The van der Waals surface area contributed by atoms with Crippen LogP contribution in [0.15, 0.2) is 42.5 Å². The number of ether oxygens (including phenoxy) is 1. The molecule has 2 heteroatoms. The van der Waals surface area contributed by atoms with Gasteiger partial charge in [0.25, 0.3) is 0 Å². The predicted octanol–water partition coefficient (Wildman–Crippen LogP) is 5.28. The van der Waals surface area contributed by atoms with Crippen molar-refractivity contribution in [1.82, 2.24) is 0 Å². The van der Waals surface area contributed by atoms with Gasteiger partial charge in [-0.15, -0.1) is 0 Å². The molecule has 0 amide bonds. The maximum atomic E-state index is 6.00. The number of aryl methyl sites for hydroxylation is 2. The number of fused-ring (bicyclic) bond motifs is 1. The lowest BCUT2D eigenvalue weighted by Crippen LogP contribution is -2.17. The van der Waals surface area contributed by atoms with Gasteiger partial charge in [0, 0.05) is 0 Å². The Morgan fingerprint density at radius 3 is 2.77 bits per heavy atom. The van der Waals surface area contributed by atoms with Crippen LogP contribution < -0.4 is 10.5 Å². The molecule has 2 aromatic carbocycles. The van der Waals surface area contributed by atoms with Crippen molar-refractivity contribution in [1.29, 1.82) is 0 Å². The average molecular weight is 352 g/mol. The highest BCUT2D eigenvalue weighted by Crippen LogP contribution is 2.32. The largest absolute Gasteiger partial charge is 0.496 e. The lowest BCUT2D eigenvalue weighted by Gasteiger charge is -2.26. The standard InChI is InChI=1S/C24H33NO/c1-3-6-23(17-25)22-14-13-20-15-18(10-12-21(20)16-22)9-11-19-7-4-5-8-24(19)26-2/h4-5,7-8,13-14,16,18,23H,3,6,9-12,15,17,25H2,1-2H3/t18-,23+/m1/s1. The van der Waals surface area contributed by atoms with Gasteiger partial charge in [-0.2, -0.15) is 0 Å². The molecule has 0 radical (unpaired) electrons. The fourth-order valence-corrected chi connectivity index (χ4v) is 4.39. The van der Waals surface area contributed by atoms with Crippen molar-refractivity contribution in [2.75, 3.05) is 13.7 Å². The van der Waals surface area contributed by atoms with E-state index in [2.05, 4.69) is 43.3 Å². The monoisotopic (exact) mass is 351 g/mol. The number of hydrogen-bond acceptors (Lipinski definition) is 2. The molecule has 2 nitrogen and oxygen atoms in total. The number of para-hydroxylation sites is 1. The third kappa shape index (κ3) is 4.48. The second kappa shape index (κ2) is 9.23. The van der Waals surface area contributed by atoms with Crippen molar-refractivity contribution in [3.8, 4) is 5.75 Å². The van der Waals surface area contributed by atoms with E-state index in [0.29, 0.717) is 5.92 Å². The lowest BCUT2D eigenvalue weighted by molar-refractivity contribution is 0.398. The Kier molecular flexibility index (Phi) is 6.73. The first-order chi connectivity index (χ1) is 12.7. The van der Waals surface area contributed by atoms with Crippen LogP contribution in [-0.2, 0) is 19.3 Å². The summed E-state index contributed by atoms with van der Waals surface area (Å²) in [6.07, 6.45) is 8.46. The molecule has 0 heterocycles. The van der Waals surface area contributed by atoms with E-state index in [4.69, 9.17) is 10.5 Å². The zero-order chi connectivity index (χ0) is 18.4. The summed E-state index contributed by atoms with van der Waals surface area (Å²) in [4.78, 5) is 0. The third-order valence-electron chi connectivity index (χ3n) is 5.97. The van der Waals surface area contributed by atoms with E-state index < -0.39 is 0 Å². The Morgan fingerprint density at radius 1 is 1.15 bits per heavy atom. The summed E-state index contributed by atoms with van der Waals surface area (Å²) in [6.45, 7) is 3.00. The lowest BCUT2D eigenvalue weighted by atomic mass is 9.79. The van der Waals surface area contributed by atoms with Crippen molar-refractivity contribution in [2.24, 2.45) is 11.7 Å². The minimum atomic E-state index is 0.522. The molecular weight excluding hydrogens is 318 g/mol. The molecule has 0 saturated carbocycles. The Labute approximate surface area is 158 Å². The van der Waals surface area contributed by atoms with Crippen LogP contribution in [0.3, 0.4) is 0 Å². The Balaban J connectivity index is 1.63. The van der Waals surface area contributed by atoms with Gasteiger partial charge in [-0.25, -0.2) is 0 Å². The van der Waals surface area contributed by atoms with Crippen LogP contribution in [0.5, 0.6) is 5.75 Å². The van der Waals surface area contributed by atoms with E-state index in [0.717, 1.165) is 24.6 Å². The minimum Gasteiger partial charge on any atom is -0.496 e. The van der Waals surface area contributed by atoms with Gasteiger partial charge in [0.2, 0.25) is 0 Å². The van der Waals surface area contributed by atoms with Crippen LogP contribution in [0.2, 0.25) is 0 Å². The molecule has 2 N–H and O–H groups in total. The van der Waals surface area contributed by atoms with E-state index in [9.17, 15) is 0 Å². The summed E-state index contributed by atoms with van der Waals surface area (Å²) in [5.74, 6) is 2.32. The number of hydrogen-bond donors (Lipinski definition) is 1. The topological polar surface area (TPSA) is 35.2 Å². The van der Waals surface area contributed by atoms with Gasteiger partial charge >= 0.3 is 0 Å². The highest BCUT2D eigenvalue weighted by atomic mass is 16.5. The zero-order valence-electron chi connectivity index (χ0n) is 16.3. The normalized spacial score (nSPS) is 17.6. The second-order valence-electron chi connectivity index (χ2n) is 7.71. The van der Waals surface area contributed by atoms with Crippen molar-refractivity contribution >= 4 is 0 Å². The fourth-order valence-electron chi connectivity index (χ4n) is 4.39. The first-order valence-corrected chi connectivity index (χ1v) is 10.2. The number of rotatable bonds is 8. The highest BCUT2D eigenvalue weighted by Gasteiger charge is 2.20. The molecule has 0 bridgehead atoms. The molecular formula is C24H33NO. The molecule has 0 unspecified atom stereocenters. The highest BCUT2D eigenvalue weighted by molar-refractivity contribution is 5.36. The van der Waals surface area contributed by atoms with Crippen LogP contribution >= 0.6 is 0 Å². The van der Waals surface area contributed by atoms with E-state index in [1.807, 2.05) is 6.07 Å². The Morgan fingerprint density at radius 2 is 2.00 bits per heavy atom. The van der Waals surface area contributed by atoms with Gasteiger partial charge in [-0.3, -0.25) is 0 Å². The quantitative estimate of drug-likeness (QED) is 0.702. The molecule has 140 valence electrons. The maximum Gasteiger partial charge on any atom is 0.122 e. The van der Waals surface area contributed by atoms with E-state index in [1.54, 1.807) is 18.2 Å². The van der Waals surface area contributed by atoms with Crippen molar-refractivity contribution in [3.63, 3.8) is 0 Å². The van der Waals surface area contributed by atoms with E-state index in [-0.39, 0.29) is 0 Å². The molecule has 2 atom stereocenters.